The molecule has 0 spiro atoms. The number of urea groups is 1. The van der Waals surface area contributed by atoms with E-state index < -0.39 is 17.5 Å². The minimum atomic E-state index is -1.10. The second-order valence-electron chi connectivity index (χ2n) is 7.08. The number of carbonyl (C=O) groups excluding carboxylic acids is 3. The Hall–Kier alpha value is -2.77. The molecule has 0 bridgehead atoms. The summed E-state index contributed by atoms with van der Waals surface area (Å²) in [5.41, 5.74) is -0.269. The van der Waals surface area contributed by atoms with Gasteiger partial charge in [0.15, 0.2) is 11.5 Å². The van der Waals surface area contributed by atoms with Crippen LogP contribution in [0.2, 0.25) is 0 Å². The van der Waals surface area contributed by atoms with E-state index in [-0.39, 0.29) is 19.2 Å². The van der Waals surface area contributed by atoms with Crippen molar-refractivity contribution >= 4 is 17.8 Å². The summed E-state index contributed by atoms with van der Waals surface area (Å²) in [6, 6.07) is 4.87. The van der Waals surface area contributed by atoms with Crippen molar-refractivity contribution in [1.29, 1.82) is 0 Å². The number of unbranched alkanes of at least 4 members (excludes halogenated alkanes) is 2. The van der Waals surface area contributed by atoms with E-state index in [1.807, 2.05) is 6.07 Å². The molecule has 1 atom stereocenters. The number of imide groups is 1. The zero-order valence-corrected chi connectivity index (χ0v) is 15.7. The molecule has 0 saturated carbocycles. The molecular weight excluding hydrogens is 350 g/mol. The summed E-state index contributed by atoms with van der Waals surface area (Å²) in [7, 11) is 0. The minimum Gasteiger partial charge on any atom is -0.454 e. The van der Waals surface area contributed by atoms with Crippen molar-refractivity contribution in [3.05, 3.63) is 23.8 Å². The molecule has 3 rings (SSSR count). The monoisotopic (exact) mass is 375 g/mol. The summed E-state index contributed by atoms with van der Waals surface area (Å²) in [6.07, 6.45) is 3.26. The lowest BCUT2D eigenvalue weighted by molar-refractivity contribution is -0.134. The van der Waals surface area contributed by atoms with Crippen LogP contribution in [0.1, 0.15) is 38.7 Å². The third-order valence-corrected chi connectivity index (χ3v) is 4.74. The highest BCUT2D eigenvalue weighted by molar-refractivity contribution is 6.08. The van der Waals surface area contributed by atoms with E-state index in [1.54, 1.807) is 19.1 Å². The predicted molar refractivity (Wildman–Crippen MR) is 97.5 cm³/mol. The van der Waals surface area contributed by atoms with Crippen molar-refractivity contribution in [2.75, 3.05) is 19.9 Å². The SMILES string of the molecule is CCCCCNC(=O)CN1C(=O)N[C@@](C)(Cc2ccc3c(c2)OCO3)C1=O. The Balaban J connectivity index is 1.61. The zero-order chi connectivity index (χ0) is 19.4. The molecule has 0 unspecified atom stereocenters. The molecule has 0 radical (unpaired) electrons. The molecule has 1 aromatic carbocycles. The fourth-order valence-corrected chi connectivity index (χ4v) is 3.27. The maximum Gasteiger partial charge on any atom is 0.325 e. The smallest absolute Gasteiger partial charge is 0.325 e. The van der Waals surface area contributed by atoms with Gasteiger partial charge in [0, 0.05) is 13.0 Å². The summed E-state index contributed by atoms with van der Waals surface area (Å²) in [6.45, 7) is 4.19. The fraction of sp³-hybridized carbons (Fsp3) is 0.526. The second kappa shape index (κ2) is 7.85. The summed E-state index contributed by atoms with van der Waals surface area (Å²) in [5, 5.41) is 5.46. The van der Waals surface area contributed by atoms with Crippen molar-refractivity contribution in [3.63, 3.8) is 0 Å². The standard InChI is InChI=1S/C19H25N3O5/c1-3-4-5-8-20-16(23)11-22-17(24)19(2,21-18(22)25)10-13-6-7-14-15(9-13)27-12-26-14/h6-7,9H,3-5,8,10-12H2,1-2H3,(H,20,23)(H,21,25)/t19-/m0/s1. The van der Waals surface area contributed by atoms with Gasteiger partial charge >= 0.3 is 6.03 Å². The lowest BCUT2D eigenvalue weighted by atomic mass is 9.92. The van der Waals surface area contributed by atoms with E-state index in [0.29, 0.717) is 24.5 Å². The maximum atomic E-state index is 12.8. The largest absolute Gasteiger partial charge is 0.454 e. The summed E-state index contributed by atoms with van der Waals surface area (Å²) in [5.74, 6) is 0.541. The van der Waals surface area contributed by atoms with Crippen LogP contribution in [0, 0.1) is 0 Å². The topological polar surface area (TPSA) is 97.0 Å². The number of hydrogen-bond donors (Lipinski definition) is 2. The van der Waals surface area contributed by atoms with Crippen LogP contribution in [0.3, 0.4) is 0 Å². The molecule has 2 aliphatic heterocycles. The van der Waals surface area contributed by atoms with Crippen LogP contribution >= 0.6 is 0 Å². The molecule has 1 saturated heterocycles. The van der Waals surface area contributed by atoms with E-state index in [9.17, 15) is 14.4 Å². The van der Waals surface area contributed by atoms with Gasteiger partial charge in [-0.2, -0.15) is 0 Å². The van der Waals surface area contributed by atoms with Gasteiger partial charge in [0.25, 0.3) is 5.91 Å². The first-order valence-corrected chi connectivity index (χ1v) is 9.22. The third kappa shape index (κ3) is 4.15. The highest BCUT2D eigenvalue weighted by Crippen LogP contribution is 2.34. The molecule has 4 amide bonds. The zero-order valence-electron chi connectivity index (χ0n) is 15.7. The average molecular weight is 375 g/mol. The van der Waals surface area contributed by atoms with Gasteiger partial charge in [-0.3, -0.25) is 14.5 Å². The lowest BCUT2D eigenvalue weighted by Gasteiger charge is -2.21. The molecule has 2 heterocycles. The lowest BCUT2D eigenvalue weighted by Crippen LogP contribution is -2.46. The first-order valence-electron chi connectivity index (χ1n) is 9.22. The number of fused-ring (bicyclic) bond motifs is 1. The second-order valence-corrected chi connectivity index (χ2v) is 7.08. The van der Waals surface area contributed by atoms with Gasteiger partial charge in [0.05, 0.1) is 0 Å². The first-order chi connectivity index (χ1) is 12.9. The van der Waals surface area contributed by atoms with Crippen molar-refractivity contribution in [1.82, 2.24) is 15.5 Å². The van der Waals surface area contributed by atoms with Crippen molar-refractivity contribution < 1.29 is 23.9 Å². The molecule has 1 fully saturated rings. The highest BCUT2D eigenvalue weighted by atomic mass is 16.7. The van der Waals surface area contributed by atoms with Crippen LogP contribution < -0.4 is 20.1 Å². The third-order valence-electron chi connectivity index (χ3n) is 4.74. The molecule has 0 aliphatic carbocycles. The quantitative estimate of drug-likeness (QED) is 0.531. The van der Waals surface area contributed by atoms with E-state index >= 15 is 0 Å². The number of rotatable bonds is 8. The van der Waals surface area contributed by atoms with Crippen LogP contribution in [0.25, 0.3) is 0 Å². The molecule has 1 aromatic rings. The maximum absolute atomic E-state index is 12.8. The van der Waals surface area contributed by atoms with Crippen LogP contribution in [0.4, 0.5) is 4.79 Å². The Morgan fingerprint density at radius 1 is 1.26 bits per heavy atom. The number of nitrogens with one attached hydrogen (secondary N) is 2. The predicted octanol–water partition coefficient (Wildman–Crippen LogP) is 1.57. The van der Waals surface area contributed by atoms with Crippen molar-refractivity contribution in [2.45, 2.75) is 45.1 Å². The van der Waals surface area contributed by atoms with Crippen molar-refractivity contribution in [3.8, 4) is 11.5 Å². The minimum absolute atomic E-state index is 0.173. The van der Waals surface area contributed by atoms with Crippen LogP contribution in [-0.2, 0) is 16.0 Å². The van der Waals surface area contributed by atoms with E-state index in [0.717, 1.165) is 29.7 Å². The summed E-state index contributed by atoms with van der Waals surface area (Å²) in [4.78, 5) is 38.1. The number of nitrogens with zero attached hydrogens (tertiary/aromatic N) is 1. The van der Waals surface area contributed by atoms with E-state index in [4.69, 9.17) is 9.47 Å². The fourth-order valence-electron chi connectivity index (χ4n) is 3.27. The van der Waals surface area contributed by atoms with Gasteiger partial charge in [0.2, 0.25) is 12.7 Å². The molecule has 146 valence electrons. The molecule has 2 N–H and O–H groups in total. The van der Waals surface area contributed by atoms with Gasteiger partial charge < -0.3 is 20.1 Å². The Bertz CT molecular complexity index is 751. The Morgan fingerprint density at radius 3 is 2.81 bits per heavy atom. The first kappa shape index (κ1) is 19.0. The van der Waals surface area contributed by atoms with Gasteiger partial charge in [-0.25, -0.2) is 4.79 Å². The van der Waals surface area contributed by atoms with Gasteiger partial charge in [-0.1, -0.05) is 25.8 Å². The van der Waals surface area contributed by atoms with E-state index in [2.05, 4.69) is 17.6 Å². The summed E-state index contributed by atoms with van der Waals surface area (Å²) < 4.78 is 10.6. The Kier molecular flexibility index (Phi) is 5.53. The van der Waals surface area contributed by atoms with Crippen LogP contribution in [0.5, 0.6) is 11.5 Å². The number of carbonyl (C=O) groups is 3. The molecule has 27 heavy (non-hydrogen) atoms. The molecule has 8 nitrogen and oxygen atoms in total. The average Bonchev–Trinajstić information content (AvgIpc) is 3.17. The highest BCUT2D eigenvalue weighted by Gasteiger charge is 2.48. The van der Waals surface area contributed by atoms with Gasteiger partial charge in [0.1, 0.15) is 12.1 Å². The molecular formula is C19H25N3O5. The number of benzene rings is 1. The Morgan fingerprint density at radius 2 is 2.04 bits per heavy atom. The van der Waals surface area contributed by atoms with Crippen LogP contribution in [-0.4, -0.2) is 48.2 Å². The molecule has 2 aliphatic rings. The van der Waals surface area contributed by atoms with Gasteiger partial charge in [-0.15, -0.1) is 0 Å². The number of amides is 4. The number of ether oxygens (including phenoxy) is 2. The number of hydrogen-bond acceptors (Lipinski definition) is 5. The molecule has 0 aromatic heterocycles. The Labute approximate surface area is 158 Å². The van der Waals surface area contributed by atoms with Crippen LogP contribution in [0.15, 0.2) is 18.2 Å². The normalized spacial score (nSPS) is 20.7. The molecule has 8 heteroatoms. The summed E-state index contributed by atoms with van der Waals surface area (Å²) >= 11 is 0. The van der Waals surface area contributed by atoms with Crippen molar-refractivity contribution in [2.24, 2.45) is 0 Å². The van der Waals surface area contributed by atoms with Gasteiger partial charge in [-0.05, 0) is 31.0 Å². The van der Waals surface area contributed by atoms with E-state index in [1.165, 1.54) is 0 Å².